The number of alkyl halides is 2. The smallest absolute Gasteiger partial charge is 0.293 e. The molecule has 114 valence electrons. The number of ether oxygens (including phenoxy) is 1. The van der Waals surface area contributed by atoms with Gasteiger partial charge in [0.05, 0.1) is 0 Å². The summed E-state index contributed by atoms with van der Waals surface area (Å²) >= 11 is 0. The van der Waals surface area contributed by atoms with Crippen molar-refractivity contribution in [3.05, 3.63) is 35.4 Å². The van der Waals surface area contributed by atoms with E-state index in [0.717, 1.165) is 11.8 Å². The van der Waals surface area contributed by atoms with E-state index < -0.39 is 11.8 Å². The van der Waals surface area contributed by atoms with Crippen LogP contribution in [0.5, 0.6) is 0 Å². The minimum Gasteiger partial charge on any atom is -0.464 e. The van der Waals surface area contributed by atoms with E-state index >= 15 is 0 Å². The summed E-state index contributed by atoms with van der Waals surface area (Å²) in [6.07, 6.45) is 1.42. The van der Waals surface area contributed by atoms with Crippen LogP contribution in [0.3, 0.4) is 0 Å². The topological polar surface area (TPSA) is 50.1 Å². The van der Waals surface area contributed by atoms with E-state index in [4.69, 9.17) is 10.1 Å². The average molecular weight is 295 g/mol. The molecule has 1 aliphatic carbocycles. The van der Waals surface area contributed by atoms with Gasteiger partial charge in [0.15, 0.2) is 0 Å². The molecule has 1 aromatic rings. The fourth-order valence-electron chi connectivity index (χ4n) is 2.63. The molecule has 5 heteroatoms. The van der Waals surface area contributed by atoms with Crippen LogP contribution in [-0.2, 0) is 21.6 Å². The van der Waals surface area contributed by atoms with Crippen LogP contribution >= 0.6 is 0 Å². The van der Waals surface area contributed by atoms with Gasteiger partial charge in [0, 0.05) is 19.1 Å². The molecular weight excluding hydrogens is 276 g/mol. The van der Waals surface area contributed by atoms with Gasteiger partial charge in [-0.1, -0.05) is 24.3 Å². The molecule has 0 aromatic heterocycles. The number of carbonyl (C=O) groups excluding carboxylic acids is 1. The maximum atomic E-state index is 14.5. The predicted molar refractivity (Wildman–Crippen MR) is 76.0 cm³/mol. The predicted octanol–water partition coefficient (Wildman–Crippen LogP) is 3.50. The van der Waals surface area contributed by atoms with Gasteiger partial charge >= 0.3 is 0 Å². The number of hydrogen-bond donors (Lipinski definition) is 1. The molecule has 0 heterocycles. The second kappa shape index (κ2) is 6.78. The van der Waals surface area contributed by atoms with E-state index in [1.54, 1.807) is 12.1 Å². The largest absolute Gasteiger partial charge is 0.464 e. The Morgan fingerprint density at radius 1 is 1.38 bits per heavy atom. The number of rotatable bonds is 8. The second-order valence-electron chi connectivity index (χ2n) is 5.50. The Hall–Kier alpha value is -1.78. The minimum absolute atomic E-state index is 0.202. The van der Waals surface area contributed by atoms with Crippen molar-refractivity contribution >= 4 is 12.7 Å². The van der Waals surface area contributed by atoms with Crippen molar-refractivity contribution in [2.24, 2.45) is 0 Å². The van der Waals surface area contributed by atoms with Crippen molar-refractivity contribution in [2.75, 3.05) is 0 Å². The van der Waals surface area contributed by atoms with E-state index in [9.17, 15) is 13.6 Å². The molecule has 1 saturated carbocycles. The number of nitrogens with one attached hydrogen (secondary N) is 1. The fraction of sp³-hybridized carbons (Fsp3) is 0.500. The zero-order valence-corrected chi connectivity index (χ0v) is 11.7. The van der Waals surface area contributed by atoms with Crippen molar-refractivity contribution in [2.45, 2.75) is 50.0 Å². The van der Waals surface area contributed by atoms with Crippen LogP contribution < -0.4 is 0 Å². The molecule has 0 amide bonds. The molecule has 0 bridgehead atoms. The molecule has 1 fully saturated rings. The van der Waals surface area contributed by atoms with Gasteiger partial charge in [-0.2, -0.15) is 0 Å². The highest BCUT2D eigenvalue weighted by Crippen LogP contribution is 2.46. The highest BCUT2D eigenvalue weighted by molar-refractivity contribution is 5.58. The first-order chi connectivity index (χ1) is 10.1. The van der Waals surface area contributed by atoms with Gasteiger partial charge < -0.3 is 10.1 Å². The van der Waals surface area contributed by atoms with Gasteiger partial charge in [-0.05, 0) is 30.4 Å². The van der Waals surface area contributed by atoms with Gasteiger partial charge in [-0.15, -0.1) is 0 Å². The third-order valence-electron chi connectivity index (χ3n) is 3.95. The van der Waals surface area contributed by atoms with Gasteiger partial charge in [-0.25, -0.2) is 8.78 Å². The number of aryl methyl sites for hydroxylation is 1. The SMILES string of the molecule is N=CC(F)CCCc1ccc(C2(F)CC(OC=O)C2)cc1. The van der Waals surface area contributed by atoms with Crippen LogP contribution in [0.4, 0.5) is 8.78 Å². The minimum atomic E-state index is -1.41. The first-order valence-electron chi connectivity index (χ1n) is 7.09. The molecule has 0 saturated heterocycles. The maximum Gasteiger partial charge on any atom is 0.293 e. The summed E-state index contributed by atoms with van der Waals surface area (Å²) in [6.45, 7) is 0.361. The van der Waals surface area contributed by atoms with E-state index in [1.807, 2.05) is 12.1 Å². The van der Waals surface area contributed by atoms with Gasteiger partial charge in [-0.3, -0.25) is 4.79 Å². The summed E-state index contributed by atoms with van der Waals surface area (Å²) in [4.78, 5) is 10.2. The molecule has 1 atom stereocenters. The van der Waals surface area contributed by atoms with Crippen LogP contribution in [0.15, 0.2) is 24.3 Å². The third kappa shape index (κ3) is 3.86. The van der Waals surface area contributed by atoms with Gasteiger partial charge in [0.25, 0.3) is 6.47 Å². The molecule has 1 aliphatic rings. The highest BCUT2D eigenvalue weighted by Gasteiger charge is 2.47. The summed E-state index contributed by atoms with van der Waals surface area (Å²) in [5, 5.41) is 6.79. The lowest BCUT2D eigenvalue weighted by atomic mass is 9.74. The Morgan fingerprint density at radius 3 is 2.62 bits per heavy atom. The Bertz CT molecular complexity index is 484. The van der Waals surface area contributed by atoms with Crippen molar-refractivity contribution in [1.29, 1.82) is 5.41 Å². The van der Waals surface area contributed by atoms with Crippen LogP contribution in [0.1, 0.15) is 36.8 Å². The lowest BCUT2D eigenvalue weighted by molar-refractivity contribution is -0.148. The summed E-state index contributed by atoms with van der Waals surface area (Å²) in [5.41, 5.74) is 0.218. The Morgan fingerprint density at radius 2 is 2.05 bits per heavy atom. The second-order valence-corrected chi connectivity index (χ2v) is 5.50. The zero-order valence-electron chi connectivity index (χ0n) is 11.7. The van der Waals surface area contributed by atoms with Crippen molar-refractivity contribution in [3.8, 4) is 0 Å². The molecule has 1 aromatic carbocycles. The van der Waals surface area contributed by atoms with E-state index in [-0.39, 0.29) is 18.9 Å². The van der Waals surface area contributed by atoms with Crippen LogP contribution in [0.25, 0.3) is 0 Å². The van der Waals surface area contributed by atoms with Crippen LogP contribution in [0.2, 0.25) is 0 Å². The molecule has 2 rings (SSSR count). The molecule has 3 nitrogen and oxygen atoms in total. The molecular formula is C16H19F2NO2. The Balaban J connectivity index is 1.85. The fourth-order valence-corrected chi connectivity index (χ4v) is 2.63. The lowest BCUT2D eigenvalue weighted by Crippen LogP contribution is -2.42. The third-order valence-corrected chi connectivity index (χ3v) is 3.95. The summed E-state index contributed by atoms with van der Waals surface area (Å²) in [7, 11) is 0. The van der Waals surface area contributed by atoms with Crippen molar-refractivity contribution < 1.29 is 18.3 Å². The number of carbonyl (C=O) groups is 1. The summed E-state index contributed by atoms with van der Waals surface area (Å²) < 4.78 is 32.1. The number of hydrogen-bond acceptors (Lipinski definition) is 3. The van der Waals surface area contributed by atoms with Gasteiger partial charge in [0.2, 0.25) is 0 Å². The monoisotopic (exact) mass is 295 g/mol. The average Bonchev–Trinajstić information content (AvgIpc) is 2.46. The Labute approximate surface area is 122 Å². The quantitative estimate of drug-likeness (QED) is 0.589. The van der Waals surface area contributed by atoms with Crippen LogP contribution in [0, 0.1) is 5.41 Å². The molecule has 1 unspecified atom stereocenters. The normalized spacial score (nSPS) is 25.7. The summed E-state index contributed by atoms with van der Waals surface area (Å²) in [5.74, 6) is 0. The van der Waals surface area contributed by atoms with Crippen LogP contribution in [-0.4, -0.2) is 25.0 Å². The van der Waals surface area contributed by atoms with E-state index in [2.05, 4.69) is 0 Å². The van der Waals surface area contributed by atoms with Gasteiger partial charge in [0.1, 0.15) is 17.9 Å². The zero-order chi connectivity index (χ0) is 15.3. The molecule has 1 N–H and O–H groups in total. The maximum absolute atomic E-state index is 14.5. The lowest BCUT2D eigenvalue weighted by Gasteiger charge is -2.40. The first-order valence-corrected chi connectivity index (χ1v) is 7.09. The molecule has 0 radical (unpaired) electrons. The number of benzene rings is 1. The van der Waals surface area contributed by atoms with E-state index in [0.29, 0.717) is 31.3 Å². The standard InChI is InChI=1S/C16H19F2NO2/c17-14(10-19)3-1-2-12-4-6-13(7-5-12)16(18)8-15(9-16)21-11-20/h4-7,10-11,14-15,19H,1-3,8-9H2. The molecule has 21 heavy (non-hydrogen) atoms. The van der Waals surface area contributed by atoms with Crippen molar-refractivity contribution in [3.63, 3.8) is 0 Å². The molecule has 0 aliphatic heterocycles. The highest BCUT2D eigenvalue weighted by atomic mass is 19.1. The first kappa shape index (κ1) is 15.6. The summed E-state index contributed by atoms with van der Waals surface area (Å²) in [6, 6.07) is 7.19. The molecule has 0 spiro atoms. The number of halogens is 2. The van der Waals surface area contributed by atoms with Crippen molar-refractivity contribution in [1.82, 2.24) is 0 Å². The Kier molecular flexibility index (Phi) is 5.04. The van der Waals surface area contributed by atoms with E-state index in [1.165, 1.54) is 0 Å².